The molecular formula is C14H17NO4. The van der Waals surface area contributed by atoms with Crippen molar-refractivity contribution in [2.75, 3.05) is 6.61 Å². The smallest absolute Gasteiger partial charge is 0.307 e. The molecule has 1 aromatic rings. The summed E-state index contributed by atoms with van der Waals surface area (Å²) in [6.45, 7) is 3.54. The number of amides is 1. The standard InChI is InChI=1S/C14H17NO4/c1-8(9(2)14(17)18)13(16)15-11-7-19-12-6-4-3-5-10(11)12/h3-6,8-9,11H,7H2,1-2H3,(H,15,16)(H,17,18). The highest BCUT2D eigenvalue weighted by atomic mass is 16.5. The average Bonchev–Trinajstić information content (AvgIpc) is 2.80. The molecule has 2 N–H and O–H groups in total. The molecule has 5 nitrogen and oxygen atoms in total. The summed E-state index contributed by atoms with van der Waals surface area (Å²) < 4.78 is 5.47. The molecule has 0 aliphatic carbocycles. The highest BCUT2D eigenvalue weighted by Gasteiger charge is 2.30. The van der Waals surface area contributed by atoms with Gasteiger partial charge in [-0.3, -0.25) is 9.59 Å². The second-order valence-corrected chi connectivity index (χ2v) is 4.83. The molecule has 0 saturated carbocycles. The van der Waals surface area contributed by atoms with Crippen molar-refractivity contribution in [2.45, 2.75) is 19.9 Å². The summed E-state index contributed by atoms with van der Waals surface area (Å²) in [5.41, 5.74) is 0.936. The Kier molecular flexibility index (Phi) is 3.74. The van der Waals surface area contributed by atoms with Crippen molar-refractivity contribution in [3.05, 3.63) is 29.8 Å². The van der Waals surface area contributed by atoms with Gasteiger partial charge in [0.25, 0.3) is 0 Å². The number of benzene rings is 1. The van der Waals surface area contributed by atoms with E-state index in [1.165, 1.54) is 6.92 Å². The van der Waals surface area contributed by atoms with E-state index in [-0.39, 0.29) is 11.9 Å². The molecule has 3 unspecified atom stereocenters. The third-order valence-corrected chi connectivity index (χ3v) is 3.57. The lowest BCUT2D eigenvalue weighted by Crippen LogP contribution is -2.37. The lowest BCUT2D eigenvalue weighted by atomic mass is 9.94. The molecule has 0 spiro atoms. The van der Waals surface area contributed by atoms with Crippen molar-refractivity contribution < 1.29 is 19.4 Å². The maximum atomic E-state index is 12.0. The maximum absolute atomic E-state index is 12.0. The van der Waals surface area contributed by atoms with Gasteiger partial charge in [0.05, 0.1) is 12.0 Å². The van der Waals surface area contributed by atoms with Crippen LogP contribution in [0.5, 0.6) is 5.75 Å². The number of fused-ring (bicyclic) bond motifs is 1. The Hall–Kier alpha value is -2.04. The number of hydrogen-bond donors (Lipinski definition) is 2. The molecule has 1 aromatic carbocycles. The topological polar surface area (TPSA) is 75.6 Å². The largest absolute Gasteiger partial charge is 0.491 e. The fraction of sp³-hybridized carbons (Fsp3) is 0.429. The van der Waals surface area contributed by atoms with E-state index in [9.17, 15) is 9.59 Å². The Morgan fingerprint density at radius 3 is 2.68 bits per heavy atom. The van der Waals surface area contributed by atoms with Crippen LogP contribution in [0.15, 0.2) is 24.3 Å². The van der Waals surface area contributed by atoms with Crippen LogP contribution < -0.4 is 10.1 Å². The SMILES string of the molecule is CC(C(=O)O)C(C)C(=O)NC1COc2ccccc21. The van der Waals surface area contributed by atoms with Crippen LogP contribution in [0.3, 0.4) is 0 Å². The Balaban J connectivity index is 2.03. The summed E-state index contributed by atoms with van der Waals surface area (Å²) in [5.74, 6) is -1.75. The molecule has 2 rings (SSSR count). The number of carboxylic acids is 1. The molecule has 0 bridgehead atoms. The lowest BCUT2D eigenvalue weighted by Gasteiger charge is -2.18. The quantitative estimate of drug-likeness (QED) is 0.865. The first-order chi connectivity index (χ1) is 9.00. The van der Waals surface area contributed by atoms with Gasteiger partial charge in [-0.05, 0) is 6.07 Å². The minimum absolute atomic E-state index is 0.202. The molecule has 5 heteroatoms. The minimum Gasteiger partial charge on any atom is -0.491 e. The van der Waals surface area contributed by atoms with Crippen LogP contribution >= 0.6 is 0 Å². The third-order valence-electron chi connectivity index (χ3n) is 3.57. The number of para-hydroxylation sites is 1. The van der Waals surface area contributed by atoms with Gasteiger partial charge in [0.2, 0.25) is 5.91 Å². The van der Waals surface area contributed by atoms with Gasteiger partial charge in [-0.25, -0.2) is 0 Å². The molecule has 1 aliphatic heterocycles. The molecular weight excluding hydrogens is 246 g/mol. The van der Waals surface area contributed by atoms with Crippen LogP contribution in [0.2, 0.25) is 0 Å². The highest BCUT2D eigenvalue weighted by Crippen LogP contribution is 2.31. The molecule has 0 aromatic heterocycles. The summed E-state index contributed by atoms with van der Waals surface area (Å²) in [6.07, 6.45) is 0. The number of carbonyl (C=O) groups excluding carboxylic acids is 1. The third kappa shape index (κ3) is 2.70. The van der Waals surface area contributed by atoms with Crippen LogP contribution in [0.25, 0.3) is 0 Å². The summed E-state index contributed by atoms with van der Waals surface area (Å²) in [7, 11) is 0. The van der Waals surface area contributed by atoms with E-state index in [1.54, 1.807) is 6.92 Å². The van der Waals surface area contributed by atoms with Gasteiger partial charge >= 0.3 is 5.97 Å². The first-order valence-corrected chi connectivity index (χ1v) is 6.25. The summed E-state index contributed by atoms with van der Waals surface area (Å²) in [4.78, 5) is 22.9. The predicted octanol–water partition coefficient (Wildman–Crippen LogP) is 1.59. The second-order valence-electron chi connectivity index (χ2n) is 4.83. The zero-order valence-electron chi connectivity index (χ0n) is 10.9. The Morgan fingerprint density at radius 1 is 1.32 bits per heavy atom. The fourth-order valence-electron chi connectivity index (χ4n) is 2.03. The summed E-state index contributed by atoms with van der Waals surface area (Å²) in [5, 5.41) is 11.8. The van der Waals surface area contributed by atoms with E-state index >= 15 is 0 Å². The average molecular weight is 263 g/mol. The Bertz CT molecular complexity index is 500. The number of carbonyl (C=O) groups is 2. The van der Waals surface area contributed by atoms with E-state index in [4.69, 9.17) is 9.84 Å². The van der Waals surface area contributed by atoms with E-state index in [0.29, 0.717) is 6.61 Å². The zero-order valence-corrected chi connectivity index (χ0v) is 10.9. The van der Waals surface area contributed by atoms with Crippen molar-refractivity contribution in [1.29, 1.82) is 0 Å². The lowest BCUT2D eigenvalue weighted by molar-refractivity contribution is -0.146. The van der Waals surface area contributed by atoms with Gasteiger partial charge in [0, 0.05) is 11.5 Å². The molecule has 3 atom stereocenters. The van der Waals surface area contributed by atoms with E-state index < -0.39 is 17.8 Å². The van der Waals surface area contributed by atoms with Crippen LogP contribution in [0.4, 0.5) is 0 Å². The second kappa shape index (κ2) is 5.30. The Morgan fingerprint density at radius 2 is 2.00 bits per heavy atom. The maximum Gasteiger partial charge on any atom is 0.307 e. The number of aliphatic carboxylic acids is 1. The van der Waals surface area contributed by atoms with E-state index in [2.05, 4.69) is 5.32 Å². The van der Waals surface area contributed by atoms with Crippen LogP contribution in [-0.4, -0.2) is 23.6 Å². The fourth-order valence-corrected chi connectivity index (χ4v) is 2.03. The molecule has 19 heavy (non-hydrogen) atoms. The first kappa shape index (κ1) is 13.4. The number of carboxylic acid groups (broad SMARTS) is 1. The molecule has 102 valence electrons. The first-order valence-electron chi connectivity index (χ1n) is 6.25. The Labute approximate surface area is 111 Å². The van der Waals surface area contributed by atoms with Crippen LogP contribution in [0.1, 0.15) is 25.5 Å². The highest BCUT2D eigenvalue weighted by molar-refractivity contribution is 5.84. The molecule has 1 aliphatic rings. The van der Waals surface area contributed by atoms with Crippen molar-refractivity contribution in [2.24, 2.45) is 11.8 Å². The van der Waals surface area contributed by atoms with E-state index in [1.807, 2.05) is 24.3 Å². The number of rotatable bonds is 4. The van der Waals surface area contributed by atoms with Crippen molar-refractivity contribution in [3.63, 3.8) is 0 Å². The zero-order chi connectivity index (χ0) is 14.0. The van der Waals surface area contributed by atoms with Crippen molar-refractivity contribution >= 4 is 11.9 Å². The van der Waals surface area contributed by atoms with Gasteiger partial charge in [0.1, 0.15) is 12.4 Å². The molecule has 0 fully saturated rings. The van der Waals surface area contributed by atoms with Gasteiger partial charge in [-0.1, -0.05) is 32.0 Å². The monoisotopic (exact) mass is 263 g/mol. The number of nitrogens with one attached hydrogen (secondary N) is 1. The molecule has 1 amide bonds. The minimum atomic E-state index is -0.967. The van der Waals surface area contributed by atoms with E-state index in [0.717, 1.165) is 11.3 Å². The summed E-state index contributed by atoms with van der Waals surface area (Å²) >= 11 is 0. The van der Waals surface area contributed by atoms with Gasteiger partial charge in [-0.15, -0.1) is 0 Å². The van der Waals surface area contributed by atoms with Crippen LogP contribution in [-0.2, 0) is 9.59 Å². The summed E-state index contributed by atoms with van der Waals surface area (Å²) in [6, 6.07) is 7.31. The van der Waals surface area contributed by atoms with Gasteiger partial charge in [-0.2, -0.15) is 0 Å². The number of ether oxygens (including phenoxy) is 1. The van der Waals surface area contributed by atoms with Crippen molar-refractivity contribution in [1.82, 2.24) is 5.32 Å². The van der Waals surface area contributed by atoms with Crippen LogP contribution in [0, 0.1) is 11.8 Å². The van der Waals surface area contributed by atoms with Gasteiger partial charge < -0.3 is 15.2 Å². The molecule has 0 saturated heterocycles. The van der Waals surface area contributed by atoms with Gasteiger partial charge in [0.15, 0.2) is 0 Å². The predicted molar refractivity (Wildman–Crippen MR) is 68.8 cm³/mol. The normalized spacial score (nSPS) is 20.0. The molecule has 1 heterocycles. The van der Waals surface area contributed by atoms with Crippen molar-refractivity contribution in [3.8, 4) is 5.75 Å². The number of hydrogen-bond acceptors (Lipinski definition) is 3. The molecule has 0 radical (unpaired) electrons.